The fourth-order valence-electron chi connectivity index (χ4n) is 2.51. The van der Waals surface area contributed by atoms with E-state index in [0.29, 0.717) is 18.6 Å². The normalized spacial score (nSPS) is 16.6. The smallest absolute Gasteiger partial charge is 0.236 e. The van der Waals surface area contributed by atoms with Gasteiger partial charge in [-0.05, 0) is 32.6 Å². The highest BCUT2D eigenvalue weighted by Gasteiger charge is 2.31. The van der Waals surface area contributed by atoms with Gasteiger partial charge in [0.05, 0.1) is 6.54 Å². The summed E-state index contributed by atoms with van der Waals surface area (Å²) in [4.78, 5) is 14.1. The van der Waals surface area contributed by atoms with Crippen molar-refractivity contribution in [3.8, 4) is 0 Å². The fourth-order valence-corrected chi connectivity index (χ4v) is 2.51. The number of hydrogen-bond donors (Lipinski definition) is 1. The van der Waals surface area contributed by atoms with E-state index in [1.165, 1.54) is 44.9 Å². The first-order chi connectivity index (χ1) is 8.72. The average Bonchev–Trinajstić information content (AvgIpc) is 3.18. The van der Waals surface area contributed by atoms with Gasteiger partial charge in [-0.3, -0.25) is 4.79 Å². The molecular weight excluding hydrogens is 224 g/mol. The molecule has 0 saturated heterocycles. The van der Waals surface area contributed by atoms with E-state index in [1.807, 2.05) is 4.90 Å². The molecule has 18 heavy (non-hydrogen) atoms. The Morgan fingerprint density at radius 3 is 2.44 bits per heavy atom. The molecule has 3 heteroatoms. The van der Waals surface area contributed by atoms with Crippen LogP contribution in [0.2, 0.25) is 0 Å². The summed E-state index contributed by atoms with van der Waals surface area (Å²) in [7, 11) is 0. The second-order valence-corrected chi connectivity index (χ2v) is 5.42. The largest absolute Gasteiger partial charge is 0.339 e. The van der Waals surface area contributed by atoms with E-state index in [9.17, 15) is 4.79 Å². The van der Waals surface area contributed by atoms with Crippen LogP contribution in [-0.2, 0) is 4.79 Å². The Bertz CT molecular complexity index is 239. The molecule has 0 radical (unpaired) electrons. The summed E-state index contributed by atoms with van der Waals surface area (Å²) in [6.07, 6.45) is 8.47. The van der Waals surface area contributed by atoms with Crippen LogP contribution < -0.4 is 5.32 Å². The van der Waals surface area contributed by atoms with E-state index < -0.39 is 0 Å². The summed E-state index contributed by atoms with van der Waals surface area (Å²) in [6, 6.07) is 1.07. The van der Waals surface area contributed by atoms with E-state index in [4.69, 9.17) is 0 Å². The molecule has 0 aromatic rings. The Hall–Kier alpha value is -0.570. The molecule has 1 saturated carbocycles. The first-order valence-electron chi connectivity index (χ1n) is 7.75. The lowest BCUT2D eigenvalue weighted by Crippen LogP contribution is -2.42. The van der Waals surface area contributed by atoms with Crippen molar-refractivity contribution in [3.63, 3.8) is 0 Å². The number of nitrogens with one attached hydrogen (secondary N) is 1. The van der Waals surface area contributed by atoms with Gasteiger partial charge in [0.1, 0.15) is 0 Å². The first-order valence-corrected chi connectivity index (χ1v) is 7.75. The van der Waals surface area contributed by atoms with E-state index in [2.05, 4.69) is 26.1 Å². The maximum absolute atomic E-state index is 12.1. The molecule has 1 amide bonds. The van der Waals surface area contributed by atoms with Crippen molar-refractivity contribution < 1.29 is 4.79 Å². The van der Waals surface area contributed by atoms with Crippen LogP contribution in [-0.4, -0.2) is 36.0 Å². The summed E-state index contributed by atoms with van der Waals surface area (Å²) < 4.78 is 0. The molecule has 0 aromatic carbocycles. The van der Waals surface area contributed by atoms with E-state index in [-0.39, 0.29) is 5.91 Å². The molecule has 0 aromatic heterocycles. The van der Waals surface area contributed by atoms with Crippen LogP contribution in [0.5, 0.6) is 0 Å². The quantitative estimate of drug-likeness (QED) is 0.650. The van der Waals surface area contributed by atoms with Gasteiger partial charge in [-0.1, -0.05) is 33.1 Å². The van der Waals surface area contributed by atoms with Gasteiger partial charge in [-0.25, -0.2) is 0 Å². The Morgan fingerprint density at radius 1 is 1.22 bits per heavy atom. The van der Waals surface area contributed by atoms with E-state index in [0.717, 1.165) is 6.54 Å². The van der Waals surface area contributed by atoms with Gasteiger partial charge >= 0.3 is 0 Å². The van der Waals surface area contributed by atoms with Crippen molar-refractivity contribution in [2.24, 2.45) is 0 Å². The molecule has 106 valence electrons. The van der Waals surface area contributed by atoms with Crippen LogP contribution in [0.4, 0.5) is 0 Å². The van der Waals surface area contributed by atoms with Crippen LogP contribution in [0.3, 0.4) is 0 Å². The molecule has 1 aliphatic rings. The van der Waals surface area contributed by atoms with Crippen LogP contribution in [0, 0.1) is 0 Å². The predicted octanol–water partition coefficient (Wildman–Crippen LogP) is 2.95. The van der Waals surface area contributed by atoms with Gasteiger partial charge in [0, 0.05) is 18.6 Å². The van der Waals surface area contributed by atoms with Crippen LogP contribution in [0.15, 0.2) is 0 Å². The lowest BCUT2D eigenvalue weighted by Gasteiger charge is -2.23. The number of carbonyl (C=O) groups excluding carboxylic acids is 1. The van der Waals surface area contributed by atoms with Crippen molar-refractivity contribution >= 4 is 5.91 Å². The summed E-state index contributed by atoms with van der Waals surface area (Å²) >= 11 is 0. The molecular formula is C15H30N2O. The zero-order chi connectivity index (χ0) is 13.4. The number of unbranched alkanes of at least 4 members (excludes halogenated alkanes) is 1. The second kappa shape index (κ2) is 8.52. The van der Waals surface area contributed by atoms with Crippen LogP contribution in [0.1, 0.15) is 65.7 Å². The molecule has 0 bridgehead atoms. The topological polar surface area (TPSA) is 32.3 Å². The number of likely N-dealkylation sites (N-methyl/N-ethyl adjacent to an activating group) is 1. The minimum Gasteiger partial charge on any atom is -0.339 e. The van der Waals surface area contributed by atoms with Crippen molar-refractivity contribution in [1.29, 1.82) is 0 Å². The molecule has 1 rings (SSSR count). The lowest BCUT2D eigenvalue weighted by atomic mass is 10.1. The highest BCUT2D eigenvalue weighted by atomic mass is 16.2. The number of carbonyl (C=O) groups is 1. The Balaban J connectivity index is 2.28. The second-order valence-electron chi connectivity index (χ2n) is 5.42. The van der Waals surface area contributed by atoms with Crippen molar-refractivity contribution in [1.82, 2.24) is 10.2 Å². The zero-order valence-corrected chi connectivity index (χ0v) is 12.4. The highest BCUT2D eigenvalue weighted by molar-refractivity contribution is 5.78. The highest BCUT2D eigenvalue weighted by Crippen LogP contribution is 2.26. The molecule has 1 fully saturated rings. The SMILES string of the molecule is CCCCC(CCC)NCC(=O)N(CC)C1CC1. The standard InChI is InChI=1S/C15H30N2O/c1-4-7-9-13(8-5-2)16-12-15(18)17(6-3)14-10-11-14/h13-14,16H,4-12H2,1-3H3. The molecule has 1 atom stereocenters. The van der Waals surface area contributed by atoms with Crippen molar-refractivity contribution in [2.75, 3.05) is 13.1 Å². The average molecular weight is 254 g/mol. The molecule has 1 unspecified atom stereocenters. The van der Waals surface area contributed by atoms with Crippen LogP contribution >= 0.6 is 0 Å². The number of hydrogen-bond acceptors (Lipinski definition) is 2. The molecule has 0 aliphatic heterocycles. The van der Waals surface area contributed by atoms with Gasteiger partial charge in [-0.2, -0.15) is 0 Å². The number of amides is 1. The van der Waals surface area contributed by atoms with Crippen molar-refractivity contribution in [2.45, 2.75) is 77.8 Å². The van der Waals surface area contributed by atoms with Gasteiger partial charge in [0.15, 0.2) is 0 Å². The fraction of sp³-hybridized carbons (Fsp3) is 0.933. The Kier molecular flexibility index (Phi) is 7.33. The Labute approximate surface area is 112 Å². The minimum absolute atomic E-state index is 0.289. The summed E-state index contributed by atoms with van der Waals surface area (Å²) in [6.45, 7) is 7.90. The number of nitrogens with zero attached hydrogens (tertiary/aromatic N) is 1. The molecule has 1 aliphatic carbocycles. The molecule has 1 N–H and O–H groups in total. The van der Waals surface area contributed by atoms with Gasteiger partial charge in [-0.15, -0.1) is 0 Å². The monoisotopic (exact) mass is 254 g/mol. The van der Waals surface area contributed by atoms with E-state index in [1.54, 1.807) is 0 Å². The summed E-state index contributed by atoms with van der Waals surface area (Å²) in [5, 5.41) is 3.46. The summed E-state index contributed by atoms with van der Waals surface area (Å²) in [5.74, 6) is 0.289. The third kappa shape index (κ3) is 5.38. The maximum Gasteiger partial charge on any atom is 0.236 e. The third-order valence-electron chi connectivity index (χ3n) is 3.73. The first kappa shape index (κ1) is 15.5. The predicted molar refractivity (Wildman–Crippen MR) is 76.6 cm³/mol. The molecule has 3 nitrogen and oxygen atoms in total. The zero-order valence-electron chi connectivity index (χ0n) is 12.4. The van der Waals surface area contributed by atoms with Crippen molar-refractivity contribution in [3.05, 3.63) is 0 Å². The molecule has 0 heterocycles. The third-order valence-corrected chi connectivity index (χ3v) is 3.73. The van der Waals surface area contributed by atoms with Gasteiger partial charge in [0.2, 0.25) is 5.91 Å². The maximum atomic E-state index is 12.1. The van der Waals surface area contributed by atoms with Crippen LogP contribution in [0.25, 0.3) is 0 Å². The summed E-state index contributed by atoms with van der Waals surface area (Å²) in [5.41, 5.74) is 0. The Morgan fingerprint density at radius 2 is 1.94 bits per heavy atom. The van der Waals surface area contributed by atoms with E-state index >= 15 is 0 Å². The van der Waals surface area contributed by atoms with Gasteiger partial charge < -0.3 is 10.2 Å². The minimum atomic E-state index is 0.289. The number of rotatable bonds is 10. The molecule has 0 spiro atoms. The lowest BCUT2D eigenvalue weighted by molar-refractivity contribution is -0.130. The van der Waals surface area contributed by atoms with Gasteiger partial charge in [0.25, 0.3) is 0 Å².